The molecule has 1 aromatic carbocycles. The lowest BCUT2D eigenvalue weighted by atomic mass is 9.90. The van der Waals surface area contributed by atoms with E-state index in [2.05, 4.69) is 0 Å². The van der Waals surface area contributed by atoms with Crippen LogP contribution in [-0.4, -0.2) is 32.9 Å². The number of aliphatic hydroxyl groups is 1. The SMILES string of the molecule is Cc1cc(C(O)(C(F)(F)F)C(F)(F)F)ccc1N(C)S(=O)(=O)c1cc(Cl)sc1Cl. The first-order valence-electron chi connectivity index (χ1n) is 7.35. The fourth-order valence-corrected chi connectivity index (χ4v) is 5.87. The highest BCUT2D eigenvalue weighted by Crippen LogP contribution is 2.50. The van der Waals surface area contributed by atoms with Gasteiger partial charge in [0.25, 0.3) is 15.6 Å². The van der Waals surface area contributed by atoms with E-state index in [1.54, 1.807) is 0 Å². The molecule has 1 heterocycles. The van der Waals surface area contributed by atoms with Gasteiger partial charge in [0.2, 0.25) is 0 Å². The summed E-state index contributed by atoms with van der Waals surface area (Å²) in [5.74, 6) is 0. The van der Waals surface area contributed by atoms with Gasteiger partial charge in [-0.2, -0.15) is 26.3 Å². The molecule has 0 aliphatic carbocycles. The molecule has 0 radical (unpaired) electrons. The maximum absolute atomic E-state index is 13.0. The van der Waals surface area contributed by atoms with E-state index >= 15 is 0 Å². The number of thiophene rings is 1. The Morgan fingerprint density at radius 2 is 1.55 bits per heavy atom. The van der Waals surface area contributed by atoms with Gasteiger partial charge in [0, 0.05) is 12.6 Å². The van der Waals surface area contributed by atoms with Crippen LogP contribution in [0.15, 0.2) is 29.2 Å². The Morgan fingerprint density at radius 1 is 1.03 bits per heavy atom. The number of anilines is 1. The van der Waals surface area contributed by atoms with Gasteiger partial charge < -0.3 is 5.11 Å². The summed E-state index contributed by atoms with van der Waals surface area (Å²) in [6.45, 7) is 1.10. The molecular formula is C15H11Cl2F6NO3S2. The van der Waals surface area contributed by atoms with Gasteiger partial charge in [0.05, 0.1) is 10.0 Å². The number of hydrogen-bond acceptors (Lipinski definition) is 4. The van der Waals surface area contributed by atoms with E-state index in [-0.39, 0.29) is 24.8 Å². The molecule has 1 N–H and O–H groups in total. The molecular weight excluding hydrogens is 491 g/mol. The van der Waals surface area contributed by atoms with Crippen LogP contribution in [0.4, 0.5) is 32.0 Å². The molecule has 162 valence electrons. The van der Waals surface area contributed by atoms with Crippen LogP contribution in [0.2, 0.25) is 8.67 Å². The Hall–Kier alpha value is -1.21. The van der Waals surface area contributed by atoms with Gasteiger partial charge in [-0.3, -0.25) is 4.31 Å². The van der Waals surface area contributed by atoms with Crippen LogP contribution in [0.25, 0.3) is 0 Å². The summed E-state index contributed by atoms with van der Waals surface area (Å²) in [5, 5.41) is 9.47. The normalized spacial score (nSPS) is 13.6. The minimum Gasteiger partial charge on any atom is -0.369 e. The molecule has 0 saturated carbocycles. The smallest absolute Gasteiger partial charge is 0.369 e. The Balaban J connectivity index is 2.58. The summed E-state index contributed by atoms with van der Waals surface area (Å²) in [5.41, 5.74) is -7.11. The Morgan fingerprint density at radius 3 is 1.93 bits per heavy atom. The summed E-state index contributed by atoms with van der Waals surface area (Å²) >= 11 is 12.3. The highest BCUT2D eigenvalue weighted by atomic mass is 35.5. The second kappa shape index (κ2) is 7.49. The zero-order valence-corrected chi connectivity index (χ0v) is 17.5. The zero-order valence-electron chi connectivity index (χ0n) is 14.4. The van der Waals surface area contributed by atoms with Crippen LogP contribution >= 0.6 is 34.5 Å². The molecule has 0 aliphatic heterocycles. The standard InChI is InChI=1S/C15H11Cl2F6NO3S2/c1-7-5-8(13(25,14(18,19)20)15(21,22)23)3-4-9(7)24(2)29(26,27)10-6-11(16)28-12(10)17/h3-6,25H,1-2H3. The van der Waals surface area contributed by atoms with Crippen molar-refractivity contribution in [2.24, 2.45) is 0 Å². The quantitative estimate of drug-likeness (QED) is 0.562. The van der Waals surface area contributed by atoms with Gasteiger partial charge in [-0.15, -0.1) is 11.3 Å². The Kier molecular flexibility index (Phi) is 6.21. The molecule has 4 nitrogen and oxygen atoms in total. The van der Waals surface area contributed by atoms with Crippen molar-refractivity contribution in [1.29, 1.82) is 0 Å². The molecule has 0 fully saturated rings. The van der Waals surface area contributed by atoms with Crippen molar-refractivity contribution in [3.63, 3.8) is 0 Å². The maximum Gasteiger partial charge on any atom is 0.430 e. The van der Waals surface area contributed by atoms with Gasteiger partial charge in [-0.25, -0.2) is 8.42 Å². The summed E-state index contributed by atoms with van der Waals surface area (Å²) in [6.07, 6.45) is -12.1. The Labute approximate surface area is 175 Å². The average Bonchev–Trinajstić information content (AvgIpc) is 2.90. The van der Waals surface area contributed by atoms with Crippen LogP contribution in [0, 0.1) is 6.92 Å². The molecule has 0 atom stereocenters. The lowest BCUT2D eigenvalue weighted by Crippen LogP contribution is -2.54. The molecule has 0 unspecified atom stereocenters. The van der Waals surface area contributed by atoms with Crippen molar-refractivity contribution in [3.05, 3.63) is 44.1 Å². The number of alkyl halides is 6. The van der Waals surface area contributed by atoms with Crippen molar-refractivity contribution in [2.75, 3.05) is 11.4 Å². The number of nitrogens with zero attached hydrogens (tertiary/aromatic N) is 1. The second-order valence-corrected chi connectivity index (χ2v) is 10.1. The second-order valence-electron chi connectivity index (χ2n) is 5.87. The van der Waals surface area contributed by atoms with Crippen LogP contribution in [0.1, 0.15) is 11.1 Å². The van der Waals surface area contributed by atoms with Gasteiger partial charge in [0.1, 0.15) is 9.23 Å². The van der Waals surface area contributed by atoms with E-state index in [1.165, 1.54) is 0 Å². The van der Waals surface area contributed by atoms with E-state index in [1.807, 2.05) is 0 Å². The van der Waals surface area contributed by atoms with Crippen molar-refractivity contribution >= 4 is 50.2 Å². The number of benzene rings is 1. The molecule has 14 heteroatoms. The molecule has 0 saturated heterocycles. The predicted molar refractivity (Wildman–Crippen MR) is 97.1 cm³/mol. The largest absolute Gasteiger partial charge is 0.430 e. The first-order valence-corrected chi connectivity index (χ1v) is 10.4. The molecule has 2 aromatic rings. The summed E-state index contributed by atoms with van der Waals surface area (Å²) in [4.78, 5) is -0.373. The van der Waals surface area contributed by atoms with E-state index in [9.17, 15) is 39.9 Å². The molecule has 0 amide bonds. The fourth-order valence-electron chi connectivity index (χ4n) is 2.50. The molecule has 0 aliphatic rings. The van der Waals surface area contributed by atoms with Crippen LogP contribution in [0.3, 0.4) is 0 Å². The number of halogens is 8. The van der Waals surface area contributed by atoms with Crippen LogP contribution in [-0.2, 0) is 15.6 Å². The van der Waals surface area contributed by atoms with Crippen molar-refractivity contribution in [2.45, 2.75) is 29.8 Å². The van der Waals surface area contributed by atoms with Gasteiger partial charge in [-0.05, 0) is 24.6 Å². The van der Waals surface area contributed by atoms with Crippen LogP contribution < -0.4 is 4.31 Å². The van der Waals surface area contributed by atoms with Crippen molar-refractivity contribution in [1.82, 2.24) is 0 Å². The zero-order chi connectivity index (χ0) is 22.6. The predicted octanol–water partition coefficient (Wildman–Crippen LogP) is 5.50. The highest BCUT2D eigenvalue weighted by Gasteiger charge is 2.71. The average molecular weight is 502 g/mol. The van der Waals surface area contributed by atoms with Gasteiger partial charge >= 0.3 is 12.4 Å². The third-order valence-electron chi connectivity index (χ3n) is 4.04. The van der Waals surface area contributed by atoms with E-state index in [0.29, 0.717) is 16.4 Å². The van der Waals surface area contributed by atoms with E-state index in [4.69, 9.17) is 23.2 Å². The first-order chi connectivity index (χ1) is 12.9. The summed E-state index contributed by atoms with van der Waals surface area (Å²) in [6, 6.07) is 2.57. The first kappa shape index (κ1) is 24.1. The fraction of sp³-hybridized carbons (Fsp3) is 0.333. The molecule has 1 aromatic heterocycles. The van der Waals surface area contributed by atoms with Crippen LogP contribution in [0.5, 0.6) is 0 Å². The molecule has 0 bridgehead atoms. The lowest BCUT2D eigenvalue weighted by Gasteiger charge is -2.33. The van der Waals surface area contributed by atoms with E-state index < -0.39 is 33.5 Å². The maximum atomic E-state index is 13.0. The minimum absolute atomic E-state index is 0.0643. The number of sulfonamides is 1. The summed E-state index contributed by atoms with van der Waals surface area (Å²) in [7, 11) is -3.27. The van der Waals surface area contributed by atoms with Gasteiger partial charge in [0.15, 0.2) is 0 Å². The van der Waals surface area contributed by atoms with Crippen molar-refractivity contribution < 1.29 is 39.9 Å². The van der Waals surface area contributed by atoms with E-state index in [0.717, 1.165) is 37.4 Å². The molecule has 2 rings (SSSR count). The topological polar surface area (TPSA) is 57.6 Å². The summed E-state index contributed by atoms with van der Waals surface area (Å²) < 4.78 is 104. The third-order valence-corrected chi connectivity index (χ3v) is 7.56. The molecule has 0 spiro atoms. The van der Waals surface area contributed by atoms with Gasteiger partial charge in [-0.1, -0.05) is 35.3 Å². The third kappa shape index (κ3) is 4.05. The monoisotopic (exact) mass is 501 g/mol. The van der Waals surface area contributed by atoms with Crippen molar-refractivity contribution in [3.8, 4) is 0 Å². The Bertz CT molecular complexity index is 1020. The molecule has 29 heavy (non-hydrogen) atoms. The number of rotatable bonds is 4. The highest BCUT2D eigenvalue weighted by molar-refractivity contribution is 7.93. The number of aryl methyl sites for hydroxylation is 1. The number of hydrogen-bond donors (Lipinski definition) is 1. The lowest BCUT2D eigenvalue weighted by molar-refractivity contribution is -0.376. The minimum atomic E-state index is -6.06.